The molecule has 0 bridgehead atoms. The van der Waals surface area contributed by atoms with Gasteiger partial charge >= 0.3 is 0 Å². The largest absolute Gasteiger partial charge is 0.383 e. The van der Waals surface area contributed by atoms with Crippen LogP contribution in [0, 0.1) is 5.82 Å². The Morgan fingerprint density at radius 1 is 1.00 bits per heavy atom. The fraction of sp³-hybridized carbons (Fsp3) is 0.0476. The van der Waals surface area contributed by atoms with E-state index in [-0.39, 0.29) is 5.82 Å². The van der Waals surface area contributed by atoms with E-state index in [0.29, 0.717) is 29.4 Å². The molecule has 0 spiro atoms. The Bertz CT molecular complexity index is 1300. The lowest BCUT2D eigenvalue weighted by Crippen LogP contribution is -2.05. The van der Waals surface area contributed by atoms with Crippen molar-refractivity contribution in [1.29, 1.82) is 0 Å². The molecule has 0 amide bonds. The third kappa shape index (κ3) is 2.92. The molecule has 7 heteroatoms. The summed E-state index contributed by atoms with van der Waals surface area (Å²) in [6, 6.07) is 13.0. The van der Waals surface area contributed by atoms with Gasteiger partial charge < -0.3 is 21.0 Å². The highest BCUT2D eigenvalue weighted by Gasteiger charge is 2.10. The van der Waals surface area contributed by atoms with Crippen molar-refractivity contribution in [3.8, 4) is 0 Å². The average Bonchev–Trinajstić information content (AvgIpc) is 3.32. The number of nitrogens with two attached hydrogens (primary N) is 1. The van der Waals surface area contributed by atoms with Crippen molar-refractivity contribution in [2.24, 2.45) is 0 Å². The minimum Gasteiger partial charge on any atom is -0.383 e. The molecule has 3 heterocycles. The molecule has 0 saturated carbocycles. The Kier molecular flexibility index (Phi) is 3.72. The van der Waals surface area contributed by atoms with E-state index in [9.17, 15) is 4.39 Å². The van der Waals surface area contributed by atoms with Crippen molar-refractivity contribution in [2.45, 2.75) is 6.42 Å². The molecule has 5 N–H and O–H groups in total. The molecule has 0 aliphatic rings. The van der Waals surface area contributed by atoms with Gasteiger partial charge in [-0.15, -0.1) is 0 Å². The zero-order valence-electron chi connectivity index (χ0n) is 14.8. The van der Waals surface area contributed by atoms with Gasteiger partial charge in [0.05, 0.1) is 11.2 Å². The standard InChI is InChI=1S/C21H17FN6/c22-15-9-18-16(4-6-25-18)19(10-15)27-21-26-11-14(20(23)28-21)8-12-1-2-17-13(7-12)3-5-24-17/h1-7,9-11,24-25H,8H2,(H3,23,26,27,28). The molecular formula is C21H17FN6. The number of nitrogens with one attached hydrogen (secondary N) is 3. The van der Waals surface area contributed by atoms with Gasteiger partial charge in [-0.3, -0.25) is 0 Å². The maximum absolute atomic E-state index is 13.8. The molecule has 0 atom stereocenters. The number of rotatable bonds is 4. The topological polar surface area (TPSA) is 95.4 Å². The number of aromatic amines is 2. The highest BCUT2D eigenvalue weighted by atomic mass is 19.1. The second-order valence-corrected chi connectivity index (χ2v) is 6.70. The smallest absolute Gasteiger partial charge is 0.229 e. The third-order valence-corrected chi connectivity index (χ3v) is 4.79. The summed E-state index contributed by atoms with van der Waals surface area (Å²) in [7, 11) is 0. The van der Waals surface area contributed by atoms with Crippen LogP contribution in [0.15, 0.2) is 61.1 Å². The van der Waals surface area contributed by atoms with Gasteiger partial charge in [-0.25, -0.2) is 9.37 Å². The molecule has 0 radical (unpaired) electrons. The molecule has 0 fully saturated rings. The second-order valence-electron chi connectivity index (χ2n) is 6.70. The van der Waals surface area contributed by atoms with Crippen LogP contribution in [0.4, 0.5) is 21.8 Å². The van der Waals surface area contributed by atoms with Gasteiger partial charge in [0.2, 0.25) is 5.95 Å². The molecule has 5 aromatic rings. The zero-order valence-corrected chi connectivity index (χ0v) is 14.8. The second kappa shape index (κ2) is 6.38. The van der Waals surface area contributed by atoms with Crippen molar-refractivity contribution in [3.05, 3.63) is 78.0 Å². The number of nitrogens with zero attached hydrogens (tertiary/aromatic N) is 2. The predicted molar refractivity (Wildman–Crippen MR) is 109 cm³/mol. The normalized spacial score (nSPS) is 11.3. The molecule has 0 aliphatic carbocycles. The minimum absolute atomic E-state index is 0.329. The Balaban J connectivity index is 1.42. The molecule has 0 aliphatic heterocycles. The maximum atomic E-state index is 13.8. The fourth-order valence-electron chi connectivity index (χ4n) is 3.40. The molecule has 0 saturated heterocycles. The van der Waals surface area contributed by atoms with E-state index in [1.807, 2.05) is 24.4 Å². The van der Waals surface area contributed by atoms with Crippen LogP contribution in [0.25, 0.3) is 21.8 Å². The summed E-state index contributed by atoms with van der Waals surface area (Å²) in [6.07, 6.45) is 6.02. The van der Waals surface area contributed by atoms with Crippen LogP contribution in [0.1, 0.15) is 11.1 Å². The van der Waals surface area contributed by atoms with Crippen LogP contribution in [-0.4, -0.2) is 19.9 Å². The third-order valence-electron chi connectivity index (χ3n) is 4.79. The van der Waals surface area contributed by atoms with Gasteiger partial charge in [-0.05, 0) is 47.3 Å². The van der Waals surface area contributed by atoms with E-state index >= 15 is 0 Å². The Labute approximate surface area is 159 Å². The number of fused-ring (bicyclic) bond motifs is 2. The first-order valence-electron chi connectivity index (χ1n) is 8.87. The van der Waals surface area contributed by atoms with Crippen molar-refractivity contribution in [3.63, 3.8) is 0 Å². The van der Waals surface area contributed by atoms with Crippen molar-refractivity contribution < 1.29 is 4.39 Å². The first-order chi connectivity index (χ1) is 13.7. The van der Waals surface area contributed by atoms with Gasteiger partial charge in [0.25, 0.3) is 0 Å². The first-order valence-corrected chi connectivity index (χ1v) is 8.87. The highest BCUT2D eigenvalue weighted by Crippen LogP contribution is 2.27. The van der Waals surface area contributed by atoms with Gasteiger partial charge in [-0.1, -0.05) is 6.07 Å². The Morgan fingerprint density at radius 3 is 2.75 bits per heavy atom. The predicted octanol–water partition coefficient (Wildman–Crippen LogP) is 4.49. The summed E-state index contributed by atoms with van der Waals surface area (Å²) in [4.78, 5) is 14.9. The summed E-state index contributed by atoms with van der Waals surface area (Å²) in [5, 5.41) is 5.06. The number of nitrogen functional groups attached to an aromatic ring is 1. The monoisotopic (exact) mass is 372 g/mol. The summed E-state index contributed by atoms with van der Waals surface area (Å²) < 4.78 is 13.8. The quantitative estimate of drug-likeness (QED) is 0.374. The summed E-state index contributed by atoms with van der Waals surface area (Å²) >= 11 is 0. The Hall–Kier alpha value is -3.87. The summed E-state index contributed by atoms with van der Waals surface area (Å²) in [6.45, 7) is 0. The van der Waals surface area contributed by atoms with E-state index in [2.05, 4.69) is 37.4 Å². The molecule has 5 rings (SSSR count). The van der Waals surface area contributed by atoms with E-state index in [1.54, 1.807) is 12.4 Å². The number of H-pyrrole nitrogens is 2. The van der Waals surface area contributed by atoms with E-state index < -0.39 is 0 Å². The van der Waals surface area contributed by atoms with E-state index in [0.717, 1.165) is 27.4 Å². The van der Waals surface area contributed by atoms with E-state index in [4.69, 9.17) is 5.73 Å². The van der Waals surface area contributed by atoms with Gasteiger partial charge in [0.1, 0.15) is 11.6 Å². The van der Waals surface area contributed by atoms with Crippen molar-refractivity contribution in [2.75, 3.05) is 11.1 Å². The van der Waals surface area contributed by atoms with E-state index in [1.165, 1.54) is 12.1 Å². The van der Waals surface area contributed by atoms with Crippen LogP contribution in [0.2, 0.25) is 0 Å². The maximum Gasteiger partial charge on any atom is 0.229 e. The number of hydrogen-bond acceptors (Lipinski definition) is 4. The summed E-state index contributed by atoms with van der Waals surface area (Å²) in [5.41, 5.74) is 10.5. The lowest BCUT2D eigenvalue weighted by molar-refractivity contribution is 0.630. The van der Waals surface area contributed by atoms with Crippen LogP contribution < -0.4 is 11.1 Å². The van der Waals surface area contributed by atoms with Crippen LogP contribution in [0.5, 0.6) is 0 Å². The van der Waals surface area contributed by atoms with Gasteiger partial charge in [0, 0.05) is 41.5 Å². The molecule has 3 aromatic heterocycles. The minimum atomic E-state index is -0.345. The SMILES string of the molecule is Nc1nc(Nc2cc(F)cc3[nH]ccc23)ncc1Cc1ccc2[nH]ccc2c1. The molecule has 6 nitrogen and oxygen atoms in total. The van der Waals surface area contributed by atoms with Gasteiger partial charge in [-0.2, -0.15) is 4.98 Å². The summed E-state index contributed by atoms with van der Waals surface area (Å²) in [5.74, 6) is 0.381. The fourth-order valence-corrected chi connectivity index (χ4v) is 3.40. The van der Waals surface area contributed by atoms with Crippen LogP contribution >= 0.6 is 0 Å². The van der Waals surface area contributed by atoms with Crippen LogP contribution in [0.3, 0.4) is 0 Å². The number of halogens is 1. The lowest BCUT2D eigenvalue weighted by Gasteiger charge is -2.10. The number of aromatic nitrogens is 4. The molecule has 2 aromatic carbocycles. The van der Waals surface area contributed by atoms with Crippen molar-refractivity contribution in [1.82, 2.24) is 19.9 Å². The Morgan fingerprint density at radius 2 is 1.86 bits per heavy atom. The number of anilines is 3. The molecule has 28 heavy (non-hydrogen) atoms. The average molecular weight is 372 g/mol. The molecule has 138 valence electrons. The number of hydrogen-bond donors (Lipinski definition) is 4. The lowest BCUT2D eigenvalue weighted by atomic mass is 10.1. The highest BCUT2D eigenvalue weighted by molar-refractivity contribution is 5.93. The van der Waals surface area contributed by atoms with Gasteiger partial charge in [0.15, 0.2) is 0 Å². The van der Waals surface area contributed by atoms with Crippen molar-refractivity contribution >= 4 is 39.3 Å². The number of benzene rings is 2. The molecule has 0 unspecified atom stereocenters. The molecular weight excluding hydrogens is 355 g/mol. The first kappa shape index (κ1) is 16.3. The zero-order chi connectivity index (χ0) is 19.1. The van der Waals surface area contributed by atoms with Crippen LogP contribution in [-0.2, 0) is 6.42 Å².